The lowest BCUT2D eigenvalue weighted by molar-refractivity contribution is 0.672. The molecule has 0 radical (unpaired) electrons. The van der Waals surface area contributed by atoms with Crippen LogP contribution in [0.15, 0.2) is 89.5 Å². The number of hydrogen-bond acceptors (Lipinski definition) is 2. The number of rotatable bonds is 1. The number of hydrogen-bond donors (Lipinski definition) is 0. The Balaban J connectivity index is 1.61. The summed E-state index contributed by atoms with van der Waals surface area (Å²) in [6, 6.07) is 25.6. The van der Waals surface area contributed by atoms with E-state index in [2.05, 4.69) is 78.9 Å². The Kier molecular flexibility index (Phi) is 3.09. The van der Waals surface area contributed by atoms with Crippen LogP contribution in [-0.2, 0) is 6.42 Å². The molecule has 30 heavy (non-hydrogen) atoms. The smallest absolute Gasteiger partial charge is 0.143 e. The lowest BCUT2D eigenvalue weighted by Crippen LogP contribution is -1.93. The van der Waals surface area contributed by atoms with Gasteiger partial charge in [0.1, 0.15) is 11.2 Å². The molecule has 140 valence electrons. The average Bonchev–Trinajstić information content (AvgIpc) is 3.18. The fourth-order valence-electron chi connectivity index (χ4n) is 4.93. The predicted octanol–water partition coefficient (Wildman–Crippen LogP) is 7.52. The van der Waals surface area contributed by atoms with Crippen molar-refractivity contribution in [2.75, 3.05) is 0 Å². The Hall–Kier alpha value is -3.91. The van der Waals surface area contributed by atoms with E-state index in [9.17, 15) is 0 Å². The van der Waals surface area contributed by atoms with Crippen LogP contribution in [0.5, 0.6) is 0 Å². The molecule has 2 heterocycles. The van der Waals surface area contributed by atoms with Gasteiger partial charge in [-0.25, -0.2) is 0 Å². The molecule has 6 aromatic rings. The number of benzene rings is 4. The Morgan fingerprint density at radius 3 is 2.63 bits per heavy atom. The van der Waals surface area contributed by atoms with Crippen molar-refractivity contribution in [3.05, 3.63) is 96.2 Å². The average molecular weight is 383 g/mol. The van der Waals surface area contributed by atoms with Gasteiger partial charge >= 0.3 is 0 Å². The Morgan fingerprint density at radius 2 is 1.67 bits per heavy atom. The van der Waals surface area contributed by atoms with Gasteiger partial charge in [0.25, 0.3) is 0 Å². The van der Waals surface area contributed by atoms with Crippen LogP contribution < -0.4 is 0 Å². The van der Waals surface area contributed by atoms with Crippen LogP contribution in [0.3, 0.4) is 0 Å². The Morgan fingerprint density at radius 1 is 0.767 bits per heavy atom. The van der Waals surface area contributed by atoms with Crippen molar-refractivity contribution < 1.29 is 4.42 Å². The molecule has 0 saturated heterocycles. The molecule has 2 nitrogen and oxygen atoms in total. The van der Waals surface area contributed by atoms with Crippen molar-refractivity contribution in [1.82, 2.24) is 4.98 Å². The minimum Gasteiger partial charge on any atom is -0.455 e. The van der Waals surface area contributed by atoms with E-state index in [-0.39, 0.29) is 0 Å². The lowest BCUT2D eigenvalue weighted by atomic mass is 9.90. The Bertz CT molecular complexity index is 1670. The van der Waals surface area contributed by atoms with Crippen molar-refractivity contribution in [1.29, 1.82) is 0 Å². The van der Waals surface area contributed by atoms with Gasteiger partial charge in [0.2, 0.25) is 0 Å². The highest BCUT2D eigenvalue weighted by Crippen LogP contribution is 2.42. The first-order valence-corrected chi connectivity index (χ1v) is 10.3. The number of nitrogens with zero attached hydrogens (tertiary/aromatic N) is 1. The van der Waals surface area contributed by atoms with Gasteiger partial charge in [-0.1, -0.05) is 66.7 Å². The van der Waals surface area contributed by atoms with E-state index >= 15 is 0 Å². The zero-order valence-electron chi connectivity index (χ0n) is 16.2. The maximum Gasteiger partial charge on any atom is 0.143 e. The number of furan rings is 1. The SMILES string of the molecule is C1=Cc2cccc3c2c(cc2c3oc3cccc(-c4cc5ccccc5cn4)c32)C1. The summed E-state index contributed by atoms with van der Waals surface area (Å²) in [5, 5.41) is 7.18. The zero-order chi connectivity index (χ0) is 19.7. The summed E-state index contributed by atoms with van der Waals surface area (Å²) in [7, 11) is 0. The van der Waals surface area contributed by atoms with Crippen LogP contribution in [0, 0.1) is 0 Å². The van der Waals surface area contributed by atoms with Gasteiger partial charge in [-0.05, 0) is 46.5 Å². The third-order valence-corrected chi connectivity index (χ3v) is 6.28. The molecule has 4 aromatic carbocycles. The van der Waals surface area contributed by atoms with Gasteiger partial charge in [0, 0.05) is 33.3 Å². The molecule has 1 aliphatic rings. The van der Waals surface area contributed by atoms with Crippen molar-refractivity contribution in [2.24, 2.45) is 0 Å². The summed E-state index contributed by atoms with van der Waals surface area (Å²) < 4.78 is 6.44. The van der Waals surface area contributed by atoms with E-state index < -0.39 is 0 Å². The topological polar surface area (TPSA) is 26.0 Å². The molecule has 1 aliphatic carbocycles. The highest BCUT2D eigenvalue weighted by molar-refractivity contribution is 6.20. The maximum absolute atomic E-state index is 6.44. The molecule has 0 spiro atoms. The molecule has 0 aliphatic heterocycles. The van der Waals surface area contributed by atoms with E-state index in [4.69, 9.17) is 9.40 Å². The van der Waals surface area contributed by atoms with Crippen LogP contribution >= 0.6 is 0 Å². The number of aromatic nitrogens is 1. The van der Waals surface area contributed by atoms with Crippen LogP contribution in [0.4, 0.5) is 0 Å². The summed E-state index contributed by atoms with van der Waals surface area (Å²) in [5.41, 5.74) is 6.60. The van der Waals surface area contributed by atoms with Gasteiger partial charge in [0.05, 0.1) is 5.69 Å². The molecule has 0 unspecified atom stereocenters. The minimum absolute atomic E-state index is 0.911. The third kappa shape index (κ3) is 2.11. The van der Waals surface area contributed by atoms with Crippen LogP contribution in [0.25, 0.3) is 60.8 Å². The van der Waals surface area contributed by atoms with E-state index in [0.29, 0.717) is 0 Å². The molecule has 7 rings (SSSR count). The van der Waals surface area contributed by atoms with Gasteiger partial charge in [-0.15, -0.1) is 0 Å². The molecule has 2 aromatic heterocycles. The number of allylic oxidation sites excluding steroid dienone is 1. The first-order chi connectivity index (χ1) is 14.9. The normalized spacial score (nSPS) is 13.1. The summed E-state index contributed by atoms with van der Waals surface area (Å²) in [6.07, 6.45) is 7.37. The molecular formula is C28H17NO. The van der Waals surface area contributed by atoms with E-state index in [1.54, 1.807) is 0 Å². The van der Waals surface area contributed by atoms with Crippen LogP contribution in [0.2, 0.25) is 0 Å². The summed E-state index contributed by atoms with van der Waals surface area (Å²) in [5.74, 6) is 0. The van der Waals surface area contributed by atoms with Gasteiger partial charge in [0.15, 0.2) is 0 Å². The molecule has 0 saturated carbocycles. The van der Waals surface area contributed by atoms with E-state index in [0.717, 1.165) is 39.6 Å². The Labute approximate surface area is 173 Å². The maximum atomic E-state index is 6.44. The number of pyridine rings is 1. The van der Waals surface area contributed by atoms with Crippen molar-refractivity contribution >= 4 is 49.6 Å². The molecule has 0 fully saturated rings. The molecule has 0 atom stereocenters. The molecule has 2 heteroatoms. The monoisotopic (exact) mass is 383 g/mol. The van der Waals surface area contributed by atoms with Crippen molar-refractivity contribution in [3.8, 4) is 11.3 Å². The molecular weight excluding hydrogens is 366 g/mol. The first kappa shape index (κ1) is 15.9. The fourth-order valence-corrected chi connectivity index (χ4v) is 4.93. The summed E-state index contributed by atoms with van der Waals surface area (Å²) >= 11 is 0. The number of fused-ring (bicyclic) bond motifs is 5. The van der Waals surface area contributed by atoms with Gasteiger partial charge in [-0.3, -0.25) is 4.98 Å². The second kappa shape index (κ2) is 5.80. The highest BCUT2D eigenvalue weighted by atomic mass is 16.3. The van der Waals surface area contributed by atoms with Gasteiger partial charge < -0.3 is 4.42 Å². The molecule has 0 bridgehead atoms. The van der Waals surface area contributed by atoms with Crippen LogP contribution in [0.1, 0.15) is 11.1 Å². The van der Waals surface area contributed by atoms with Crippen molar-refractivity contribution in [3.63, 3.8) is 0 Å². The summed E-state index contributed by atoms with van der Waals surface area (Å²) in [6.45, 7) is 0. The molecule has 0 amide bonds. The standard InChI is InChI=1S/C28H17NO/c1-2-7-20-16-29-24(15-18(20)6-1)21-11-5-13-25-27(21)23-14-19-10-3-8-17-9-4-12-22(26(17)19)28(23)30-25/h1-9,11-16H,10H2. The third-order valence-electron chi connectivity index (χ3n) is 6.28. The molecule has 0 N–H and O–H groups in total. The fraction of sp³-hybridized carbons (Fsp3) is 0.0357. The van der Waals surface area contributed by atoms with Gasteiger partial charge in [-0.2, -0.15) is 0 Å². The van der Waals surface area contributed by atoms with Crippen LogP contribution in [-0.4, -0.2) is 4.98 Å². The second-order valence-electron chi connectivity index (χ2n) is 7.99. The predicted molar refractivity (Wildman–Crippen MR) is 125 cm³/mol. The lowest BCUT2D eigenvalue weighted by Gasteiger charge is -2.13. The second-order valence-corrected chi connectivity index (χ2v) is 7.99. The summed E-state index contributed by atoms with van der Waals surface area (Å²) in [4.78, 5) is 4.79. The largest absolute Gasteiger partial charge is 0.455 e. The minimum atomic E-state index is 0.911. The first-order valence-electron chi connectivity index (χ1n) is 10.3. The highest BCUT2D eigenvalue weighted by Gasteiger charge is 2.19. The van der Waals surface area contributed by atoms with E-state index in [1.165, 1.54) is 32.7 Å². The zero-order valence-corrected chi connectivity index (χ0v) is 16.2. The quantitative estimate of drug-likeness (QED) is 0.293. The van der Waals surface area contributed by atoms with Crippen molar-refractivity contribution in [2.45, 2.75) is 6.42 Å². The van der Waals surface area contributed by atoms with E-state index in [1.807, 2.05) is 12.3 Å².